The number of carbonyl (C=O) groups is 1. The average Bonchev–Trinajstić information content (AvgIpc) is 3.31. The van der Waals surface area contributed by atoms with Crippen LogP contribution in [0.5, 0.6) is 0 Å². The molecule has 3 aromatic heterocycles. The number of piperazine rings is 1. The van der Waals surface area contributed by atoms with Crippen molar-refractivity contribution in [1.29, 1.82) is 0 Å². The number of nitrogens with two attached hydrogens (primary N) is 1. The van der Waals surface area contributed by atoms with Gasteiger partial charge in [-0.3, -0.25) is 0 Å². The molecule has 10 nitrogen and oxygen atoms in total. The zero-order chi connectivity index (χ0) is 18.8. The molecule has 0 aliphatic carbocycles. The summed E-state index contributed by atoms with van der Waals surface area (Å²) in [7, 11) is 0. The number of nitrogens with one attached hydrogen (secondary N) is 1. The van der Waals surface area contributed by atoms with Gasteiger partial charge in [0.1, 0.15) is 10.5 Å². The highest BCUT2D eigenvalue weighted by molar-refractivity contribution is 7.16. The first-order valence-electron chi connectivity index (χ1n) is 8.32. The van der Waals surface area contributed by atoms with E-state index < -0.39 is 6.09 Å². The summed E-state index contributed by atoms with van der Waals surface area (Å²) in [5.74, 6) is 0.952. The van der Waals surface area contributed by atoms with E-state index in [-0.39, 0.29) is 12.0 Å². The summed E-state index contributed by atoms with van der Waals surface area (Å²) in [5, 5.41) is 7.05. The second-order valence-corrected chi connectivity index (χ2v) is 7.81. The number of hydrogen-bond donors (Lipinski definition) is 2. The number of thiazole rings is 2. The lowest BCUT2D eigenvalue weighted by atomic mass is 10.2. The number of fused-ring (bicyclic) bond motifs is 1. The van der Waals surface area contributed by atoms with E-state index in [4.69, 9.17) is 10.6 Å². The van der Waals surface area contributed by atoms with Gasteiger partial charge in [0, 0.05) is 24.2 Å². The summed E-state index contributed by atoms with van der Waals surface area (Å²) in [6.07, 6.45) is 1.21. The first kappa shape index (κ1) is 17.8. The Hall–Kier alpha value is -2.57. The molecule has 0 saturated carbocycles. The van der Waals surface area contributed by atoms with Gasteiger partial charge in [-0.15, -0.1) is 27.7 Å². The predicted octanol–water partition coefficient (Wildman–Crippen LogP) is 1.48. The molecule has 1 atom stereocenters. The Bertz CT molecular complexity index is 931. The van der Waals surface area contributed by atoms with Gasteiger partial charge in [0.05, 0.1) is 25.1 Å². The van der Waals surface area contributed by atoms with Gasteiger partial charge in [-0.05, 0) is 6.92 Å². The fourth-order valence-corrected chi connectivity index (χ4v) is 4.14. The summed E-state index contributed by atoms with van der Waals surface area (Å²) in [6, 6.07) is 0.0599. The Morgan fingerprint density at radius 2 is 2.26 bits per heavy atom. The van der Waals surface area contributed by atoms with Crippen molar-refractivity contribution in [3.63, 3.8) is 0 Å². The Morgan fingerprint density at radius 3 is 3.04 bits per heavy atom. The molecule has 3 aromatic rings. The van der Waals surface area contributed by atoms with Crippen molar-refractivity contribution in [2.24, 2.45) is 0 Å². The molecule has 3 N–H and O–H groups in total. The van der Waals surface area contributed by atoms with Crippen LogP contribution in [0.4, 0.5) is 16.6 Å². The molecule has 142 valence electrons. The first-order valence-corrected chi connectivity index (χ1v) is 10.1. The van der Waals surface area contributed by atoms with Crippen molar-refractivity contribution in [3.8, 4) is 0 Å². The fraction of sp³-hybridized carbons (Fsp3) is 0.400. The number of nitrogen functional groups attached to an aromatic ring is 1. The quantitative estimate of drug-likeness (QED) is 0.663. The van der Waals surface area contributed by atoms with Crippen molar-refractivity contribution in [1.82, 2.24) is 30.3 Å². The van der Waals surface area contributed by atoms with Gasteiger partial charge in [0.15, 0.2) is 10.6 Å². The number of anilines is 2. The Morgan fingerprint density at radius 1 is 1.37 bits per heavy atom. The molecule has 0 spiro atoms. The minimum absolute atomic E-state index is 0.0599. The number of amides is 1. The van der Waals surface area contributed by atoms with Gasteiger partial charge in [0.2, 0.25) is 5.95 Å². The van der Waals surface area contributed by atoms with Crippen LogP contribution < -0.4 is 16.0 Å². The van der Waals surface area contributed by atoms with Gasteiger partial charge in [-0.2, -0.15) is 4.98 Å². The third-order valence-corrected chi connectivity index (χ3v) is 5.64. The highest BCUT2D eigenvalue weighted by Gasteiger charge is 2.29. The lowest BCUT2D eigenvalue weighted by molar-refractivity contribution is -0.109. The average molecular weight is 406 g/mol. The molecule has 0 aromatic carbocycles. The summed E-state index contributed by atoms with van der Waals surface area (Å²) >= 11 is 2.92. The van der Waals surface area contributed by atoms with Crippen molar-refractivity contribution < 1.29 is 9.63 Å². The predicted molar refractivity (Wildman–Crippen MR) is 103 cm³/mol. The Balaban J connectivity index is 1.37. The maximum atomic E-state index is 12.0. The molecular weight excluding hydrogens is 388 g/mol. The van der Waals surface area contributed by atoms with Crippen LogP contribution in [0.15, 0.2) is 17.1 Å². The standard InChI is InChI=1S/C15H18N8O2S2/c1-9-7-22(25-15(24)18-6-10-17-2-5-26-10)3-4-23(9)12-11-13(27-8-19-11)21-14(16)20-12/h2,5,8-9H,3-4,6-7H2,1H3,(H,18,24)(H2,16,20,21)/t9-/m0/s1. The third-order valence-electron chi connectivity index (χ3n) is 4.14. The van der Waals surface area contributed by atoms with E-state index >= 15 is 0 Å². The van der Waals surface area contributed by atoms with Gasteiger partial charge < -0.3 is 20.8 Å². The van der Waals surface area contributed by atoms with E-state index in [2.05, 4.69) is 30.2 Å². The molecule has 0 unspecified atom stereocenters. The summed E-state index contributed by atoms with van der Waals surface area (Å²) in [6.45, 7) is 4.11. The number of carbonyl (C=O) groups excluding carboxylic acids is 1. The minimum atomic E-state index is -0.487. The molecule has 0 radical (unpaired) electrons. The van der Waals surface area contributed by atoms with Crippen LogP contribution in [0.2, 0.25) is 0 Å². The SMILES string of the molecule is C[C@H]1CN(OC(=O)NCc2nccs2)CCN1c1nc(N)nc2scnc12. The van der Waals surface area contributed by atoms with Crippen LogP contribution >= 0.6 is 22.7 Å². The van der Waals surface area contributed by atoms with E-state index in [0.29, 0.717) is 26.2 Å². The Kier molecular flexibility index (Phi) is 5.01. The van der Waals surface area contributed by atoms with Crippen LogP contribution in [0, 0.1) is 0 Å². The number of hydrogen-bond acceptors (Lipinski definition) is 11. The Labute approximate surface area is 163 Å². The van der Waals surface area contributed by atoms with Gasteiger partial charge in [-0.1, -0.05) is 0 Å². The topological polar surface area (TPSA) is 122 Å². The molecule has 1 saturated heterocycles. The molecule has 1 aliphatic rings. The maximum Gasteiger partial charge on any atom is 0.426 e. The monoisotopic (exact) mass is 406 g/mol. The lowest BCUT2D eigenvalue weighted by Crippen LogP contribution is -2.53. The number of aromatic nitrogens is 4. The molecule has 1 amide bonds. The van der Waals surface area contributed by atoms with Crippen LogP contribution in [0.25, 0.3) is 10.3 Å². The minimum Gasteiger partial charge on any atom is -0.368 e. The first-order chi connectivity index (χ1) is 13.1. The summed E-state index contributed by atoms with van der Waals surface area (Å²) in [5.41, 5.74) is 8.32. The molecular formula is C15H18N8O2S2. The van der Waals surface area contributed by atoms with Crippen molar-refractivity contribution in [2.45, 2.75) is 19.5 Å². The van der Waals surface area contributed by atoms with E-state index in [0.717, 1.165) is 21.2 Å². The van der Waals surface area contributed by atoms with E-state index in [9.17, 15) is 4.79 Å². The van der Waals surface area contributed by atoms with Crippen LogP contribution in [0.3, 0.4) is 0 Å². The van der Waals surface area contributed by atoms with Crippen LogP contribution in [-0.2, 0) is 11.4 Å². The summed E-state index contributed by atoms with van der Waals surface area (Å²) < 4.78 is 0. The van der Waals surface area contributed by atoms with Gasteiger partial charge in [-0.25, -0.2) is 19.7 Å². The number of nitrogens with zero attached hydrogens (tertiary/aromatic N) is 6. The van der Waals surface area contributed by atoms with Crippen molar-refractivity contribution >= 4 is 50.9 Å². The zero-order valence-corrected chi connectivity index (χ0v) is 16.2. The number of hydroxylamine groups is 2. The van der Waals surface area contributed by atoms with Crippen LogP contribution in [0.1, 0.15) is 11.9 Å². The highest BCUT2D eigenvalue weighted by Crippen LogP contribution is 2.28. The lowest BCUT2D eigenvalue weighted by Gasteiger charge is -2.39. The molecule has 12 heteroatoms. The van der Waals surface area contributed by atoms with Gasteiger partial charge in [0.25, 0.3) is 0 Å². The third kappa shape index (κ3) is 3.91. The molecule has 4 rings (SSSR count). The maximum absolute atomic E-state index is 12.0. The second-order valence-electron chi connectivity index (χ2n) is 6.00. The van der Waals surface area contributed by atoms with E-state index in [1.807, 2.05) is 12.3 Å². The van der Waals surface area contributed by atoms with Crippen molar-refractivity contribution in [3.05, 3.63) is 22.1 Å². The van der Waals surface area contributed by atoms with Crippen LogP contribution in [-0.4, -0.2) is 56.8 Å². The number of rotatable bonds is 4. The molecule has 27 heavy (non-hydrogen) atoms. The molecule has 1 aliphatic heterocycles. The normalized spacial score (nSPS) is 18.0. The molecule has 0 bridgehead atoms. The molecule has 4 heterocycles. The van der Waals surface area contributed by atoms with E-state index in [1.54, 1.807) is 16.8 Å². The van der Waals surface area contributed by atoms with Gasteiger partial charge >= 0.3 is 6.09 Å². The molecule has 1 fully saturated rings. The largest absolute Gasteiger partial charge is 0.426 e. The summed E-state index contributed by atoms with van der Waals surface area (Å²) in [4.78, 5) is 37.4. The highest BCUT2D eigenvalue weighted by atomic mass is 32.1. The smallest absolute Gasteiger partial charge is 0.368 e. The van der Waals surface area contributed by atoms with Crippen molar-refractivity contribution in [2.75, 3.05) is 30.3 Å². The zero-order valence-electron chi connectivity index (χ0n) is 14.5. The fourth-order valence-electron chi connectivity index (χ4n) is 2.92. The second kappa shape index (κ2) is 7.58. The van der Waals surface area contributed by atoms with E-state index in [1.165, 1.54) is 22.7 Å².